The molecule has 4 amide bonds. The van der Waals surface area contributed by atoms with Crippen molar-refractivity contribution in [3.63, 3.8) is 0 Å². The minimum atomic E-state index is -0.886. The van der Waals surface area contributed by atoms with E-state index >= 15 is 0 Å². The highest BCUT2D eigenvalue weighted by Gasteiger charge is 2.37. The van der Waals surface area contributed by atoms with Crippen LogP contribution in [0.15, 0.2) is 66.4 Å². The maximum Gasteiger partial charge on any atom is 0.335 e. The van der Waals surface area contributed by atoms with Crippen molar-refractivity contribution in [1.29, 1.82) is 0 Å². The van der Waals surface area contributed by atoms with E-state index in [-0.39, 0.29) is 22.0 Å². The first-order chi connectivity index (χ1) is 15.3. The third-order valence-electron chi connectivity index (χ3n) is 4.66. The van der Waals surface area contributed by atoms with Crippen LogP contribution in [0, 0.1) is 10.1 Å². The number of nitrogens with one attached hydrogen (secondary N) is 1. The van der Waals surface area contributed by atoms with Crippen LogP contribution in [-0.2, 0) is 9.59 Å². The first-order valence-electron chi connectivity index (χ1n) is 9.05. The number of nitrogens with zero attached hydrogens (tertiary/aromatic N) is 3. The smallest absolute Gasteiger partial charge is 0.317 e. The Balaban J connectivity index is 1.75. The van der Waals surface area contributed by atoms with Crippen LogP contribution >= 0.6 is 23.2 Å². The Hall–Kier alpha value is -3.95. The number of anilines is 1. The number of aromatic nitrogens is 1. The van der Waals surface area contributed by atoms with Crippen molar-refractivity contribution in [2.24, 2.45) is 0 Å². The predicted molar refractivity (Wildman–Crippen MR) is 118 cm³/mol. The van der Waals surface area contributed by atoms with Crippen molar-refractivity contribution >= 4 is 58.5 Å². The number of hydrogen-bond donors (Lipinski definition) is 1. The first kappa shape index (κ1) is 21.3. The molecule has 2 heterocycles. The van der Waals surface area contributed by atoms with Crippen molar-refractivity contribution in [3.05, 3.63) is 92.2 Å². The van der Waals surface area contributed by atoms with Crippen LogP contribution in [0.1, 0.15) is 5.69 Å². The number of benzene rings is 2. The van der Waals surface area contributed by atoms with Crippen molar-refractivity contribution < 1.29 is 19.3 Å². The van der Waals surface area contributed by atoms with E-state index in [1.165, 1.54) is 42.5 Å². The van der Waals surface area contributed by atoms with E-state index < -0.39 is 22.8 Å². The number of rotatable bonds is 4. The summed E-state index contributed by atoms with van der Waals surface area (Å²) in [5.41, 5.74) is 0.433. The molecule has 0 saturated carbocycles. The molecule has 1 aromatic heterocycles. The lowest BCUT2D eigenvalue weighted by atomic mass is 10.1. The van der Waals surface area contributed by atoms with Crippen LogP contribution in [0.2, 0.25) is 10.0 Å². The Morgan fingerprint density at radius 2 is 1.66 bits per heavy atom. The molecule has 32 heavy (non-hydrogen) atoms. The Labute approximate surface area is 190 Å². The monoisotopic (exact) mass is 470 g/mol. The van der Waals surface area contributed by atoms with Gasteiger partial charge in [-0.3, -0.25) is 25.0 Å². The number of nitro benzene ring substituents is 1. The number of barbiturate groups is 1. The number of halogens is 2. The standard InChI is InChI=1S/C21H12Cl2N4O5/c22-12-3-5-13(6-4-12)26-20(29)16(19(28)24-21(26)30)10-14-2-1-9-25(14)15-7-8-17(23)18(11-15)27(31)32/h1-11H,(H,24,28,30)/b16-10-. The summed E-state index contributed by atoms with van der Waals surface area (Å²) in [6.45, 7) is 0. The number of urea groups is 1. The molecule has 0 atom stereocenters. The van der Waals surface area contributed by atoms with Gasteiger partial charge in [-0.15, -0.1) is 0 Å². The lowest BCUT2D eigenvalue weighted by Gasteiger charge is -2.26. The van der Waals surface area contributed by atoms with Crippen molar-refractivity contribution in [2.75, 3.05) is 4.90 Å². The number of carbonyl (C=O) groups is 3. The Morgan fingerprint density at radius 3 is 2.34 bits per heavy atom. The van der Waals surface area contributed by atoms with Crippen LogP contribution in [-0.4, -0.2) is 27.3 Å². The average Bonchev–Trinajstić information content (AvgIpc) is 3.21. The molecule has 0 aliphatic carbocycles. The summed E-state index contributed by atoms with van der Waals surface area (Å²) in [6, 6.07) is 12.5. The van der Waals surface area contributed by atoms with Gasteiger partial charge in [0.15, 0.2) is 0 Å². The average molecular weight is 471 g/mol. The summed E-state index contributed by atoms with van der Waals surface area (Å²) in [5.74, 6) is -1.68. The van der Waals surface area contributed by atoms with Crippen LogP contribution in [0.5, 0.6) is 0 Å². The second kappa shape index (κ2) is 8.29. The van der Waals surface area contributed by atoms with E-state index in [1.54, 1.807) is 29.0 Å². The van der Waals surface area contributed by atoms with Gasteiger partial charge in [-0.1, -0.05) is 23.2 Å². The van der Waals surface area contributed by atoms with Crippen LogP contribution in [0.25, 0.3) is 11.8 Å². The molecule has 1 N–H and O–H groups in total. The van der Waals surface area contributed by atoms with Crippen molar-refractivity contribution in [2.45, 2.75) is 0 Å². The second-order valence-electron chi connectivity index (χ2n) is 6.63. The van der Waals surface area contributed by atoms with Gasteiger partial charge in [-0.25, -0.2) is 9.69 Å². The molecule has 9 nitrogen and oxygen atoms in total. The molecule has 0 unspecified atom stereocenters. The van der Waals surface area contributed by atoms with Crippen LogP contribution in [0.4, 0.5) is 16.2 Å². The zero-order chi connectivity index (χ0) is 23.0. The van der Waals surface area contributed by atoms with Crippen LogP contribution in [0.3, 0.4) is 0 Å². The minimum absolute atomic E-state index is 0.0234. The third-order valence-corrected chi connectivity index (χ3v) is 5.24. The molecule has 0 spiro atoms. The fourth-order valence-electron chi connectivity index (χ4n) is 3.17. The molecule has 11 heteroatoms. The molecular weight excluding hydrogens is 459 g/mol. The zero-order valence-corrected chi connectivity index (χ0v) is 17.5. The summed E-state index contributed by atoms with van der Waals surface area (Å²) in [6.07, 6.45) is 2.90. The first-order valence-corrected chi connectivity index (χ1v) is 9.80. The van der Waals surface area contributed by atoms with E-state index in [0.29, 0.717) is 16.4 Å². The second-order valence-corrected chi connectivity index (χ2v) is 7.47. The molecule has 1 aliphatic heterocycles. The van der Waals surface area contributed by atoms with Gasteiger partial charge in [0, 0.05) is 23.0 Å². The highest BCUT2D eigenvalue weighted by molar-refractivity contribution is 6.39. The number of carbonyl (C=O) groups excluding carboxylic acids is 3. The fourth-order valence-corrected chi connectivity index (χ4v) is 3.48. The molecule has 2 aromatic carbocycles. The van der Waals surface area contributed by atoms with Gasteiger partial charge in [0.05, 0.1) is 16.3 Å². The van der Waals surface area contributed by atoms with Gasteiger partial charge >= 0.3 is 6.03 Å². The highest BCUT2D eigenvalue weighted by atomic mass is 35.5. The van der Waals surface area contributed by atoms with Gasteiger partial charge < -0.3 is 4.57 Å². The van der Waals surface area contributed by atoms with Gasteiger partial charge in [-0.05, 0) is 54.6 Å². The number of imide groups is 2. The summed E-state index contributed by atoms with van der Waals surface area (Å²) in [4.78, 5) is 49.2. The third kappa shape index (κ3) is 3.86. The van der Waals surface area contributed by atoms with Gasteiger partial charge in [0.2, 0.25) is 0 Å². The van der Waals surface area contributed by atoms with Crippen molar-refractivity contribution in [3.8, 4) is 5.69 Å². The van der Waals surface area contributed by atoms with Gasteiger partial charge in [0.1, 0.15) is 10.6 Å². The topological polar surface area (TPSA) is 115 Å². The highest BCUT2D eigenvalue weighted by Crippen LogP contribution is 2.29. The van der Waals surface area contributed by atoms with Gasteiger partial charge in [0.25, 0.3) is 17.5 Å². The van der Waals surface area contributed by atoms with Crippen LogP contribution < -0.4 is 10.2 Å². The lowest BCUT2D eigenvalue weighted by Crippen LogP contribution is -2.54. The summed E-state index contributed by atoms with van der Waals surface area (Å²) < 4.78 is 1.54. The largest absolute Gasteiger partial charge is 0.335 e. The maximum absolute atomic E-state index is 13.0. The molecule has 0 radical (unpaired) electrons. The quantitative estimate of drug-likeness (QED) is 0.263. The van der Waals surface area contributed by atoms with Crippen molar-refractivity contribution in [1.82, 2.24) is 9.88 Å². The fraction of sp³-hybridized carbons (Fsp3) is 0. The molecule has 3 aromatic rings. The minimum Gasteiger partial charge on any atom is -0.317 e. The molecule has 160 valence electrons. The van der Waals surface area contributed by atoms with E-state index in [2.05, 4.69) is 5.32 Å². The molecular formula is C21H12Cl2N4O5. The summed E-state index contributed by atoms with van der Waals surface area (Å²) in [5, 5.41) is 13.7. The van der Waals surface area contributed by atoms with E-state index in [4.69, 9.17) is 23.2 Å². The Morgan fingerprint density at radius 1 is 0.969 bits per heavy atom. The molecule has 1 aliphatic rings. The number of hydrogen-bond acceptors (Lipinski definition) is 5. The Kier molecular flexibility index (Phi) is 5.52. The summed E-state index contributed by atoms with van der Waals surface area (Å²) in [7, 11) is 0. The molecule has 1 fully saturated rings. The number of amides is 4. The van der Waals surface area contributed by atoms with E-state index in [0.717, 1.165) is 4.90 Å². The predicted octanol–water partition coefficient (Wildman–Crippen LogP) is 4.36. The SMILES string of the molecule is O=C1NC(=O)N(c2ccc(Cl)cc2)C(=O)/C1=C\c1cccn1-c1ccc(Cl)c([N+](=O)[O-])c1. The van der Waals surface area contributed by atoms with E-state index in [1.807, 2.05) is 0 Å². The summed E-state index contributed by atoms with van der Waals surface area (Å²) >= 11 is 11.7. The van der Waals surface area contributed by atoms with Gasteiger partial charge in [-0.2, -0.15) is 0 Å². The number of nitro groups is 1. The lowest BCUT2D eigenvalue weighted by molar-refractivity contribution is -0.384. The zero-order valence-electron chi connectivity index (χ0n) is 16.0. The normalized spacial score (nSPS) is 15.2. The Bertz CT molecular complexity index is 1310. The van der Waals surface area contributed by atoms with E-state index in [9.17, 15) is 24.5 Å². The maximum atomic E-state index is 13.0. The molecule has 1 saturated heterocycles. The molecule has 4 rings (SSSR count). The molecule has 0 bridgehead atoms.